The van der Waals surface area contributed by atoms with Gasteiger partial charge < -0.3 is 9.13 Å². The number of benzene rings is 7. The number of nitrogens with zero attached hydrogens (tertiary/aromatic N) is 3. The third kappa shape index (κ3) is 6.08. The highest BCUT2D eigenvalue weighted by molar-refractivity contribution is 6.12. The van der Waals surface area contributed by atoms with Crippen molar-refractivity contribution in [2.75, 3.05) is 0 Å². The van der Waals surface area contributed by atoms with Gasteiger partial charge in [0.1, 0.15) is 0 Å². The largest absolute Gasteiger partial charge is 0.416 e. The van der Waals surface area contributed by atoms with Crippen molar-refractivity contribution in [2.45, 2.75) is 40.0 Å². The molecule has 3 nitrogen and oxygen atoms in total. The fraction of sp³-hybridized carbons (Fsp3) is 0.122. The van der Waals surface area contributed by atoms with Crippen molar-refractivity contribution in [1.29, 1.82) is 0 Å². The summed E-state index contributed by atoms with van der Waals surface area (Å²) in [6, 6.07) is 36.6. The number of aromatic nitrogens is 2. The molecule has 0 amide bonds. The number of aryl methyl sites for hydroxylation is 4. The van der Waals surface area contributed by atoms with Crippen LogP contribution in [0.1, 0.15) is 33.4 Å². The lowest BCUT2D eigenvalue weighted by molar-refractivity contribution is -0.143. The van der Waals surface area contributed by atoms with Crippen LogP contribution in [0.5, 0.6) is 0 Å². The average Bonchev–Trinajstić information content (AvgIpc) is 3.67. The van der Waals surface area contributed by atoms with E-state index in [0.717, 1.165) is 78.0 Å². The molecule has 58 heavy (non-hydrogen) atoms. The number of halogens is 6. The zero-order valence-electron chi connectivity index (χ0n) is 31.7. The maximum Gasteiger partial charge on any atom is 0.416 e. The molecule has 7 aromatic carbocycles. The number of hydrogen-bond acceptors (Lipinski definition) is 0. The van der Waals surface area contributed by atoms with E-state index in [1.165, 1.54) is 0 Å². The van der Waals surface area contributed by atoms with Crippen LogP contribution in [-0.2, 0) is 12.4 Å². The molecule has 0 N–H and O–H groups in total. The summed E-state index contributed by atoms with van der Waals surface area (Å²) in [7, 11) is 0. The van der Waals surface area contributed by atoms with Crippen LogP contribution >= 0.6 is 0 Å². The van der Waals surface area contributed by atoms with E-state index in [-0.39, 0.29) is 17.2 Å². The molecule has 0 fully saturated rings. The van der Waals surface area contributed by atoms with Crippen LogP contribution in [0, 0.1) is 34.3 Å². The second kappa shape index (κ2) is 13.1. The molecule has 286 valence electrons. The maximum absolute atomic E-state index is 14.2. The van der Waals surface area contributed by atoms with Crippen molar-refractivity contribution in [2.24, 2.45) is 0 Å². The van der Waals surface area contributed by atoms with E-state index >= 15 is 0 Å². The molecule has 0 spiro atoms. The van der Waals surface area contributed by atoms with Crippen LogP contribution in [-0.4, -0.2) is 9.13 Å². The summed E-state index contributed by atoms with van der Waals surface area (Å²) >= 11 is 0. The Labute approximate surface area is 329 Å². The average molecular weight is 778 g/mol. The standard InChI is InChI=1S/C49H33F6N3/c1-27-6-12-42-36(18-27)37-19-28(2)7-13-43(37)57(42)46-16-10-31(32-22-33(48(50,51)52)25-34(23-32)49(53,54)55)24-40(46)41-26-35(56-5)11-17-47(41)58-44-14-8-29(3)20-38(44)39-21-30(4)9-15-45(39)58/h6-26H,1-4H3. The van der Waals surface area contributed by atoms with Gasteiger partial charge in [0.25, 0.3) is 0 Å². The molecular formula is C49H33F6N3. The minimum atomic E-state index is -5.03. The van der Waals surface area contributed by atoms with Gasteiger partial charge in [-0.25, -0.2) is 4.85 Å². The zero-order chi connectivity index (χ0) is 40.8. The third-order valence-corrected chi connectivity index (χ3v) is 11.0. The van der Waals surface area contributed by atoms with Crippen LogP contribution in [0.4, 0.5) is 32.0 Å². The topological polar surface area (TPSA) is 14.2 Å². The van der Waals surface area contributed by atoms with Crippen LogP contribution in [0.25, 0.3) is 82.1 Å². The molecule has 0 aliphatic carbocycles. The lowest BCUT2D eigenvalue weighted by atomic mass is 9.93. The van der Waals surface area contributed by atoms with Gasteiger partial charge >= 0.3 is 12.4 Å². The first-order chi connectivity index (χ1) is 27.6. The fourth-order valence-electron chi connectivity index (χ4n) is 8.27. The third-order valence-electron chi connectivity index (χ3n) is 11.0. The fourth-order valence-corrected chi connectivity index (χ4v) is 8.27. The summed E-state index contributed by atoms with van der Waals surface area (Å²) in [6.07, 6.45) is -10.1. The summed E-state index contributed by atoms with van der Waals surface area (Å²) in [5, 5.41) is 4.02. The van der Waals surface area contributed by atoms with Crippen LogP contribution in [0.2, 0.25) is 0 Å². The van der Waals surface area contributed by atoms with Crippen molar-refractivity contribution >= 4 is 49.3 Å². The number of fused-ring (bicyclic) bond motifs is 6. The Bertz CT molecular complexity index is 3060. The smallest absolute Gasteiger partial charge is 0.309 e. The minimum absolute atomic E-state index is 0.143. The molecule has 0 atom stereocenters. The Morgan fingerprint density at radius 2 is 0.793 bits per heavy atom. The molecule has 0 aliphatic rings. The van der Waals surface area contributed by atoms with Crippen molar-refractivity contribution in [3.05, 3.63) is 172 Å². The molecule has 0 bridgehead atoms. The van der Waals surface area contributed by atoms with E-state index in [0.29, 0.717) is 28.2 Å². The highest BCUT2D eigenvalue weighted by Crippen LogP contribution is 2.45. The normalized spacial score (nSPS) is 12.3. The van der Waals surface area contributed by atoms with Crippen LogP contribution < -0.4 is 0 Å². The van der Waals surface area contributed by atoms with Crippen molar-refractivity contribution in [3.8, 4) is 33.6 Å². The van der Waals surface area contributed by atoms with Crippen LogP contribution in [0.15, 0.2) is 127 Å². The molecule has 0 saturated carbocycles. The predicted molar refractivity (Wildman–Crippen MR) is 221 cm³/mol. The van der Waals surface area contributed by atoms with E-state index in [4.69, 9.17) is 6.57 Å². The van der Waals surface area contributed by atoms with Gasteiger partial charge in [-0.3, -0.25) is 0 Å². The molecule has 0 aliphatic heterocycles. The monoisotopic (exact) mass is 777 g/mol. The summed E-state index contributed by atoms with van der Waals surface area (Å²) in [5.41, 5.74) is 7.60. The minimum Gasteiger partial charge on any atom is -0.309 e. The zero-order valence-corrected chi connectivity index (χ0v) is 31.7. The Balaban J connectivity index is 1.43. The summed E-state index contributed by atoms with van der Waals surface area (Å²) in [5.74, 6) is 0. The molecule has 9 rings (SSSR count). The second-order valence-electron chi connectivity index (χ2n) is 15.1. The lowest BCUT2D eigenvalue weighted by Crippen LogP contribution is -2.11. The Morgan fingerprint density at radius 3 is 1.17 bits per heavy atom. The van der Waals surface area contributed by atoms with Gasteiger partial charge in [0.15, 0.2) is 5.69 Å². The van der Waals surface area contributed by atoms with Gasteiger partial charge in [0.05, 0.1) is 51.1 Å². The number of alkyl halides is 6. The van der Waals surface area contributed by atoms with Gasteiger partial charge in [0.2, 0.25) is 0 Å². The molecule has 0 saturated heterocycles. The predicted octanol–water partition coefficient (Wildman–Crippen LogP) is 15.0. The van der Waals surface area contributed by atoms with Crippen molar-refractivity contribution < 1.29 is 26.3 Å². The van der Waals surface area contributed by atoms with Gasteiger partial charge in [0, 0.05) is 27.1 Å². The van der Waals surface area contributed by atoms with Gasteiger partial charge in [-0.15, -0.1) is 0 Å². The van der Waals surface area contributed by atoms with Crippen LogP contribution in [0.3, 0.4) is 0 Å². The first kappa shape index (κ1) is 36.8. The van der Waals surface area contributed by atoms with E-state index in [1.54, 1.807) is 30.3 Å². The van der Waals surface area contributed by atoms with E-state index in [2.05, 4.69) is 38.2 Å². The van der Waals surface area contributed by atoms with Gasteiger partial charge in [-0.1, -0.05) is 58.7 Å². The highest BCUT2D eigenvalue weighted by atomic mass is 19.4. The SMILES string of the molecule is [C-]#[N+]c1ccc(-n2c3ccc(C)cc3c3cc(C)ccc32)c(-c2cc(-c3cc(C(F)(F)F)cc(C(F)(F)F)c3)ccc2-n2c3ccc(C)cc3c3cc(C)ccc32)c1. The summed E-state index contributed by atoms with van der Waals surface area (Å²) in [4.78, 5) is 3.78. The van der Waals surface area contributed by atoms with Crippen molar-refractivity contribution in [3.63, 3.8) is 0 Å². The molecule has 2 heterocycles. The van der Waals surface area contributed by atoms with Gasteiger partial charge in [-0.05, 0) is 135 Å². The first-order valence-electron chi connectivity index (χ1n) is 18.6. The lowest BCUT2D eigenvalue weighted by Gasteiger charge is -2.21. The summed E-state index contributed by atoms with van der Waals surface area (Å²) < 4.78 is 89.4. The molecule has 9 heteroatoms. The van der Waals surface area contributed by atoms with Crippen molar-refractivity contribution in [1.82, 2.24) is 9.13 Å². The van der Waals surface area contributed by atoms with E-state index < -0.39 is 23.5 Å². The summed E-state index contributed by atoms with van der Waals surface area (Å²) in [6.45, 7) is 16.1. The van der Waals surface area contributed by atoms with E-state index in [9.17, 15) is 26.3 Å². The maximum atomic E-state index is 14.2. The highest BCUT2D eigenvalue weighted by Gasteiger charge is 2.37. The number of rotatable bonds is 4. The molecule has 0 unspecified atom stereocenters. The van der Waals surface area contributed by atoms with E-state index in [1.807, 2.05) is 82.3 Å². The van der Waals surface area contributed by atoms with Gasteiger partial charge in [-0.2, -0.15) is 26.3 Å². The number of hydrogen-bond donors (Lipinski definition) is 0. The Hall–Kier alpha value is -6.79. The molecule has 0 radical (unpaired) electrons. The molecule has 2 aromatic heterocycles. The Morgan fingerprint density at radius 1 is 0.414 bits per heavy atom. The quantitative estimate of drug-likeness (QED) is 0.125. The first-order valence-corrected chi connectivity index (χ1v) is 18.6. The Kier molecular flexibility index (Phi) is 8.34. The molecule has 9 aromatic rings. The second-order valence-corrected chi connectivity index (χ2v) is 15.1. The molecular weight excluding hydrogens is 745 g/mol.